The van der Waals surface area contributed by atoms with Gasteiger partial charge in [-0.3, -0.25) is 9.36 Å². The Kier molecular flexibility index (Phi) is 44.3. The van der Waals surface area contributed by atoms with E-state index in [0.717, 1.165) is 38.5 Å². The molecule has 61 heavy (non-hydrogen) atoms. The Morgan fingerprint density at radius 2 is 0.902 bits per heavy atom. The summed E-state index contributed by atoms with van der Waals surface area (Å²) in [6.45, 7) is 5.41. The van der Waals surface area contributed by atoms with Crippen molar-refractivity contribution in [2.75, 3.05) is 54.1 Å². The Morgan fingerprint density at radius 3 is 1.34 bits per heavy atom. The molecule has 0 aromatic heterocycles. The fraction of sp³-hybridized carbons (Fsp3) is 0.865. The molecule has 0 spiro atoms. The molecule has 9 heteroatoms. The van der Waals surface area contributed by atoms with Crippen LogP contribution in [-0.4, -0.2) is 70.7 Å². The number of likely N-dealkylation sites (N-methyl/N-ethyl adjacent to an activating group) is 1. The van der Waals surface area contributed by atoms with Gasteiger partial charge in [-0.05, 0) is 70.6 Å². The van der Waals surface area contributed by atoms with Crippen LogP contribution < -0.4 is 4.89 Å². The highest BCUT2D eigenvalue weighted by Gasteiger charge is 2.20. The molecule has 0 aromatic rings. The summed E-state index contributed by atoms with van der Waals surface area (Å²) in [5.41, 5.74) is 0. The van der Waals surface area contributed by atoms with Gasteiger partial charge in [0, 0.05) is 13.0 Å². The van der Waals surface area contributed by atoms with Gasteiger partial charge in [-0.25, -0.2) is 0 Å². The van der Waals surface area contributed by atoms with Crippen molar-refractivity contribution >= 4 is 13.8 Å². The van der Waals surface area contributed by atoms with Crippen molar-refractivity contribution in [1.29, 1.82) is 0 Å². The van der Waals surface area contributed by atoms with Crippen LogP contribution in [0.5, 0.6) is 0 Å². The Balaban J connectivity index is 4.13. The fourth-order valence-corrected chi connectivity index (χ4v) is 7.89. The van der Waals surface area contributed by atoms with Gasteiger partial charge in [0.2, 0.25) is 0 Å². The molecule has 2 unspecified atom stereocenters. The average molecular weight is 882 g/mol. The minimum absolute atomic E-state index is 0.0250. The number of nitrogens with zero attached hydrogens (tertiary/aromatic N) is 1. The molecular weight excluding hydrogens is 782 g/mol. The summed E-state index contributed by atoms with van der Waals surface area (Å²) < 4.78 is 34.7. The third-order valence-corrected chi connectivity index (χ3v) is 12.1. The number of carbonyl (C=O) groups is 1. The average Bonchev–Trinajstić information content (AvgIpc) is 3.22. The van der Waals surface area contributed by atoms with Crippen molar-refractivity contribution in [3.63, 3.8) is 0 Å². The number of esters is 1. The zero-order chi connectivity index (χ0) is 44.8. The lowest BCUT2D eigenvalue weighted by Gasteiger charge is -2.28. The highest BCUT2D eigenvalue weighted by molar-refractivity contribution is 7.45. The summed E-state index contributed by atoms with van der Waals surface area (Å²) >= 11 is 0. The van der Waals surface area contributed by atoms with Gasteiger partial charge in [-0.1, -0.05) is 192 Å². The lowest BCUT2D eigenvalue weighted by Crippen LogP contribution is -2.37. The number of phosphoric acid groups is 1. The van der Waals surface area contributed by atoms with Crippen molar-refractivity contribution in [3.8, 4) is 0 Å². The summed E-state index contributed by atoms with van der Waals surface area (Å²) in [4.78, 5) is 25.2. The minimum Gasteiger partial charge on any atom is -0.756 e. The van der Waals surface area contributed by atoms with Crippen molar-refractivity contribution < 1.29 is 37.3 Å². The highest BCUT2D eigenvalue weighted by Crippen LogP contribution is 2.38. The molecule has 0 saturated carbocycles. The van der Waals surface area contributed by atoms with Crippen LogP contribution in [0.1, 0.15) is 232 Å². The molecule has 8 nitrogen and oxygen atoms in total. The summed E-state index contributed by atoms with van der Waals surface area (Å²) in [5.74, 6) is -0.336. The summed E-state index contributed by atoms with van der Waals surface area (Å²) in [6, 6.07) is 0. The van der Waals surface area contributed by atoms with Gasteiger partial charge < -0.3 is 27.9 Å². The highest BCUT2D eigenvalue weighted by atomic mass is 31.2. The zero-order valence-corrected chi connectivity index (χ0v) is 41.8. The van der Waals surface area contributed by atoms with Crippen molar-refractivity contribution in [2.24, 2.45) is 0 Å². The van der Waals surface area contributed by atoms with E-state index < -0.39 is 13.9 Å². The maximum Gasteiger partial charge on any atom is 0.306 e. The number of hydrogen-bond acceptors (Lipinski definition) is 7. The molecule has 0 saturated heterocycles. The number of unbranched alkanes of at least 4 members (excludes halogenated alkanes) is 28. The maximum atomic E-state index is 12.7. The van der Waals surface area contributed by atoms with E-state index in [1.807, 2.05) is 21.1 Å². The number of quaternary nitrogens is 1. The Labute approximate surface area is 378 Å². The summed E-state index contributed by atoms with van der Waals surface area (Å²) in [6.07, 6.45) is 54.5. The lowest BCUT2D eigenvalue weighted by atomic mass is 10.0. The van der Waals surface area contributed by atoms with E-state index in [1.165, 1.54) is 173 Å². The molecule has 0 aliphatic rings. The molecule has 2 atom stereocenters. The lowest BCUT2D eigenvalue weighted by molar-refractivity contribution is -0.870. The van der Waals surface area contributed by atoms with E-state index in [2.05, 4.69) is 50.3 Å². The number of ether oxygens (including phenoxy) is 2. The van der Waals surface area contributed by atoms with Gasteiger partial charge >= 0.3 is 5.97 Å². The Bertz CT molecular complexity index is 1070. The quantitative estimate of drug-likeness (QED) is 0.0197. The zero-order valence-electron chi connectivity index (χ0n) is 40.9. The number of allylic oxidation sites excluding steroid dienone is 6. The first kappa shape index (κ1) is 59.7. The minimum atomic E-state index is -4.53. The molecular formula is C52H100NO7P. The van der Waals surface area contributed by atoms with E-state index >= 15 is 0 Å². The molecule has 0 amide bonds. The Hall–Kier alpha value is -1.28. The standard InChI is InChI=1S/C52H100NO7P/c1-6-8-10-12-14-16-18-20-22-24-25-26-27-28-29-30-31-33-35-37-39-41-43-45-52(54)60-51(50-59-61(55,56)58-48-46-53(3,4)5)49-57-47-44-42-40-38-36-34-32-23-21-19-17-15-13-11-9-7-2/h18,20-21,23-25,51H,6-17,19,22,26-50H2,1-5H3/b20-18-,23-21-,25-24-. The van der Waals surface area contributed by atoms with E-state index in [-0.39, 0.29) is 25.8 Å². The van der Waals surface area contributed by atoms with Gasteiger partial charge in [0.15, 0.2) is 0 Å². The predicted molar refractivity (Wildman–Crippen MR) is 259 cm³/mol. The first-order chi connectivity index (χ1) is 29.6. The molecule has 0 bridgehead atoms. The van der Waals surface area contributed by atoms with Gasteiger partial charge in [-0.2, -0.15) is 0 Å². The predicted octanol–water partition coefficient (Wildman–Crippen LogP) is 15.1. The van der Waals surface area contributed by atoms with Gasteiger partial charge in [0.05, 0.1) is 34.4 Å². The van der Waals surface area contributed by atoms with Crippen molar-refractivity contribution in [2.45, 2.75) is 238 Å². The second kappa shape index (κ2) is 45.3. The SMILES string of the molecule is CCCCCCC/C=C\C/C=C\CCCCCCCCCCCCCC(=O)OC(COCCCCCCCC/C=C\CCCCCCCC)COP(=O)([O-])OCC[N+](C)(C)C. The number of phosphoric ester groups is 1. The first-order valence-corrected chi connectivity index (χ1v) is 27.2. The molecule has 0 aromatic carbocycles. The molecule has 0 fully saturated rings. The van der Waals surface area contributed by atoms with E-state index in [0.29, 0.717) is 24.1 Å². The van der Waals surface area contributed by atoms with Crippen LogP contribution >= 0.6 is 7.82 Å². The second-order valence-electron chi connectivity index (χ2n) is 18.5. The smallest absolute Gasteiger partial charge is 0.306 e. The molecule has 0 aliphatic heterocycles. The molecule has 0 N–H and O–H groups in total. The van der Waals surface area contributed by atoms with Crippen LogP contribution in [0.15, 0.2) is 36.5 Å². The molecule has 0 rings (SSSR count). The molecule has 360 valence electrons. The van der Waals surface area contributed by atoms with Crippen molar-refractivity contribution in [1.82, 2.24) is 0 Å². The van der Waals surface area contributed by atoms with E-state index in [9.17, 15) is 14.3 Å². The van der Waals surface area contributed by atoms with Gasteiger partial charge in [-0.15, -0.1) is 0 Å². The van der Waals surface area contributed by atoms with E-state index in [1.54, 1.807) is 0 Å². The molecule has 0 aliphatic carbocycles. The molecule has 0 heterocycles. The van der Waals surface area contributed by atoms with Crippen LogP contribution in [0.25, 0.3) is 0 Å². The third kappa shape index (κ3) is 49.6. The summed E-state index contributed by atoms with van der Waals surface area (Å²) in [5, 5.41) is 0. The van der Waals surface area contributed by atoms with Gasteiger partial charge in [0.25, 0.3) is 7.82 Å². The van der Waals surface area contributed by atoms with E-state index in [4.69, 9.17) is 18.5 Å². The molecule has 0 radical (unpaired) electrons. The van der Waals surface area contributed by atoms with Crippen LogP contribution in [0.4, 0.5) is 0 Å². The topological polar surface area (TPSA) is 94.1 Å². The number of hydrogen-bond donors (Lipinski definition) is 0. The monoisotopic (exact) mass is 882 g/mol. The normalized spacial score (nSPS) is 13.9. The maximum absolute atomic E-state index is 12.7. The summed E-state index contributed by atoms with van der Waals surface area (Å²) in [7, 11) is 1.36. The van der Waals surface area contributed by atoms with Crippen LogP contribution in [0.2, 0.25) is 0 Å². The van der Waals surface area contributed by atoms with Crippen LogP contribution in [-0.2, 0) is 27.9 Å². The van der Waals surface area contributed by atoms with Gasteiger partial charge in [0.1, 0.15) is 19.3 Å². The number of carbonyl (C=O) groups excluding carboxylic acids is 1. The van der Waals surface area contributed by atoms with Crippen LogP contribution in [0, 0.1) is 0 Å². The van der Waals surface area contributed by atoms with Crippen molar-refractivity contribution in [3.05, 3.63) is 36.5 Å². The number of rotatable bonds is 48. The Morgan fingerprint density at radius 1 is 0.508 bits per heavy atom. The fourth-order valence-electron chi connectivity index (χ4n) is 7.16. The largest absolute Gasteiger partial charge is 0.756 e. The second-order valence-corrected chi connectivity index (χ2v) is 19.9. The van der Waals surface area contributed by atoms with Crippen LogP contribution in [0.3, 0.4) is 0 Å². The first-order valence-electron chi connectivity index (χ1n) is 25.7. The third-order valence-electron chi connectivity index (χ3n) is 11.2.